The molecular weight excluding hydrogens is 324 g/mol. The van der Waals surface area contributed by atoms with Crippen molar-refractivity contribution in [2.75, 3.05) is 13.2 Å². The lowest BCUT2D eigenvalue weighted by Crippen LogP contribution is -2.44. The highest BCUT2D eigenvalue weighted by molar-refractivity contribution is 7.89. The van der Waals surface area contributed by atoms with Gasteiger partial charge in [0.1, 0.15) is 5.75 Å². The first-order valence-electron chi connectivity index (χ1n) is 7.52. The minimum atomic E-state index is -3.50. The van der Waals surface area contributed by atoms with E-state index in [-0.39, 0.29) is 29.3 Å². The van der Waals surface area contributed by atoms with Crippen LogP contribution < -0.4 is 15.2 Å². The molecular formula is C15H25ClN2O3S. The molecule has 1 aromatic carbocycles. The van der Waals surface area contributed by atoms with E-state index in [4.69, 9.17) is 10.5 Å². The largest absolute Gasteiger partial charge is 0.494 e. The van der Waals surface area contributed by atoms with Crippen LogP contribution in [0.25, 0.3) is 0 Å². The van der Waals surface area contributed by atoms with Crippen LogP contribution in [0.15, 0.2) is 29.2 Å². The van der Waals surface area contributed by atoms with Crippen molar-refractivity contribution in [2.24, 2.45) is 11.7 Å². The first-order chi connectivity index (χ1) is 10.1. The Labute approximate surface area is 139 Å². The molecule has 0 bridgehead atoms. The predicted octanol–water partition coefficient (Wildman–Crippen LogP) is 2.30. The fraction of sp³-hybridized carbons (Fsp3) is 0.600. The fourth-order valence-corrected chi connectivity index (χ4v) is 4.13. The topological polar surface area (TPSA) is 81.4 Å². The Kier molecular flexibility index (Phi) is 7.62. The Morgan fingerprint density at radius 2 is 1.86 bits per heavy atom. The zero-order chi connectivity index (χ0) is 15.3. The van der Waals surface area contributed by atoms with Gasteiger partial charge in [0, 0.05) is 6.04 Å². The smallest absolute Gasteiger partial charge is 0.240 e. The average Bonchev–Trinajstić information content (AvgIpc) is 2.48. The zero-order valence-electron chi connectivity index (χ0n) is 12.8. The van der Waals surface area contributed by atoms with Crippen molar-refractivity contribution in [2.45, 2.75) is 43.5 Å². The summed E-state index contributed by atoms with van der Waals surface area (Å²) in [5.41, 5.74) is 5.75. The normalized spacial score (nSPS) is 21.9. The van der Waals surface area contributed by atoms with Crippen LogP contribution in [0.3, 0.4) is 0 Å². The molecule has 2 atom stereocenters. The molecule has 2 rings (SSSR count). The maximum atomic E-state index is 12.4. The molecule has 7 heteroatoms. The molecule has 1 fully saturated rings. The summed E-state index contributed by atoms with van der Waals surface area (Å²) in [6, 6.07) is 6.46. The standard InChI is InChI=1S/C15H24N2O3S.ClH/c1-2-20-13-7-9-14(10-8-13)21(18,19)17-15-6-4-3-5-12(15)11-16;/h7-10,12,15,17H,2-6,11,16H2,1H3;1H. The molecule has 0 amide bonds. The van der Waals surface area contributed by atoms with Gasteiger partial charge in [-0.2, -0.15) is 0 Å². The van der Waals surface area contributed by atoms with Gasteiger partial charge in [0.05, 0.1) is 11.5 Å². The number of hydrogen-bond acceptors (Lipinski definition) is 4. The van der Waals surface area contributed by atoms with E-state index in [2.05, 4.69) is 4.72 Å². The molecule has 2 unspecified atom stereocenters. The molecule has 0 aromatic heterocycles. The lowest BCUT2D eigenvalue weighted by Gasteiger charge is -2.31. The number of nitrogens with two attached hydrogens (primary N) is 1. The first-order valence-corrected chi connectivity index (χ1v) is 9.00. The third-order valence-corrected chi connectivity index (χ3v) is 5.47. The van der Waals surface area contributed by atoms with Crippen molar-refractivity contribution in [3.63, 3.8) is 0 Å². The van der Waals surface area contributed by atoms with E-state index in [0.717, 1.165) is 25.7 Å². The van der Waals surface area contributed by atoms with Crippen LogP contribution >= 0.6 is 12.4 Å². The maximum Gasteiger partial charge on any atom is 0.240 e. The van der Waals surface area contributed by atoms with Crippen molar-refractivity contribution in [1.29, 1.82) is 0 Å². The van der Waals surface area contributed by atoms with Crippen molar-refractivity contribution >= 4 is 22.4 Å². The van der Waals surface area contributed by atoms with Gasteiger partial charge in [-0.15, -0.1) is 12.4 Å². The van der Waals surface area contributed by atoms with E-state index < -0.39 is 10.0 Å². The molecule has 3 N–H and O–H groups in total. The SMILES string of the molecule is CCOc1ccc(S(=O)(=O)NC2CCCCC2CN)cc1.Cl. The third kappa shape index (κ3) is 4.84. The molecule has 22 heavy (non-hydrogen) atoms. The van der Waals surface area contributed by atoms with Crippen LogP contribution in [-0.4, -0.2) is 27.6 Å². The van der Waals surface area contributed by atoms with Gasteiger partial charge in [-0.1, -0.05) is 12.8 Å². The predicted molar refractivity (Wildman–Crippen MR) is 90.0 cm³/mol. The lowest BCUT2D eigenvalue weighted by molar-refractivity contribution is 0.296. The van der Waals surface area contributed by atoms with Crippen molar-refractivity contribution in [1.82, 2.24) is 4.72 Å². The quantitative estimate of drug-likeness (QED) is 0.826. The molecule has 0 heterocycles. The second-order valence-corrected chi connectivity index (χ2v) is 7.13. The highest BCUT2D eigenvalue weighted by atomic mass is 35.5. The first kappa shape index (κ1) is 19.2. The Morgan fingerprint density at radius 3 is 2.45 bits per heavy atom. The molecule has 126 valence electrons. The van der Waals surface area contributed by atoms with E-state index in [0.29, 0.717) is 18.9 Å². The van der Waals surface area contributed by atoms with Gasteiger partial charge in [-0.05, 0) is 56.5 Å². The van der Waals surface area contributed by atoms with E-state index >= 15 is 0 Å². The number of sulfonamides is 1. The fourth-order valence-electron chi connectivity index (χ4n) is 2.79. The Morgan fingerprint density at radius 1 is 1.23 bits per heavy atom. The average molecular weight is 349 g/mol. The summed E-state index contributed by atoms with van der Waals surface area (Å²) in [5, 5.41) is 0. The number of hydrogen-bond donors (Lipinski definition) is 2. The maximum absolute atomic E-state index is 12.4. The molecule has 1 aliphatic carbocycles. The molecule has 1 saturated carbocycles. The van der Waals surface area contributed by atoms with Crippen molar-refractivity contribution in [3.8, 4) is 5.75 Å². The molecule has 0 radical (unpaired) electrons. The third-order valence-electron chi connectivity index (χ3n) is 3.96. The van der Waals surface area contributed by atoms with E-state index in [1.54, 1.807) is 24.3 Å². The van der Waals surface area contributed by atoms with Crippen molar-refractivity contribution < 1.29 is 13.2 Å². The second kappa shape index (κ2) is 8.72. The summed E-state index contributed by atoms with van der Waals surface area (Å²) in [5.74, 6) is 0.908. The van der Waals surface area contributed by atoms with Crippen LogP contribution in [0.2, 0.25) is 0 Å². The minimum Gasteiger partial charge on any atom is -0.494 e. The summed E-state index contributed by atoms with van der Waals surface area (Å²) in [6.07, 6.45) is 4.03. The van der Waals surface area contributed by atoms with Crippen LogP contribution in [0.5, 0.6) is 5.75 Å². The Bertz CT molecular complexity index is 548. The van der Waals surface area contributed by atoms with E-state index in [9.17, 15) is 8.42 Å². The van der Waals surface area contributed by atoms with Crippen LogP contribution in [0, 0.1) is 5.92 Å². The number of ether oxygens (including phenoxy) is 1. The zero-order valence-corrected chi connectivity index (χ0v) is 14.5. The van der Waals surface area contributed by atoms with Gasteiger partial charge in [0.2, 0.25) is 10.0 Å². The van der Waals surface area contributed by atoms with Gasteiger partial charge >= 0.3 is 0 Å². The number of rotatable bonds is 6. The summed E-state index contributed by atoms with van der Waals surface area (Å²) < 4.78 is 33.0. The number of halogens is 1. The molecule has 1 aromatic rings. The Hall–Kier alpha value is -0.820. The second-order valence-electron chi connectivity index (χ2n) is 5.41. The summed E-state index contributed by atoms with van der Waals surface area (Å²) in [4.78, 5) is 0.271. The summed E-state index contributed by atoms with van der Waals surface area (Å²) in [7, 11) is -3.50. The van der Waals surface area contributed by atoms with Gasteiger partial charge in [0.25, 0.3) is 0 Å². The number of nitrogens with one attached hydrogen (secondary N) is 1. The monoisotopic (exact) mass is 348 g/mol. The van der Waals surface area contributed by atoms with Gasteiger partial charge < -0.3 is 10.5 Å². The summed E-state index contributed by atoms with van der Waals surface area (Å²) in [6.45, 7) is 2.98. The van der Waals surface area contributed by atoms with Gasteiger partial charge in [0.15, 0.2) is 0 Å². The van der Waals surface area contributed by atoms with Gasteiger partial charge in [-0.3, -0.25) is 0 Å². The van der Waals surface area contributed by atoms with E-state index in [1.807, 2.05) is 6.92 Å². The highest BCUT2D eigenvalue weighted by Gasteiger charge is 2.28. The molecule has 0 aliphatic heterocycles. The van der Waals surface area contributed by atoms with Crippen LogP contribution in [-0.2, 0) is 10.0 Å². The lowest BCUT2D eigenvalue weighted by atomic mass is 9.85. The molecule has 0 spiro atoms. The van der Waals surface area contributed by atoms with Crippen LogP contribution in [0.1, 0.15) is 32.6 Å². The van der Waals surface area contributed by atoms with Crippen molar-refractivity contribution in [3.05, 3.63) is 24.3 Å². The highest BCUT2D eigenvalue weighted by Crippen LogP contribution is 2.25. The molecule has 1 aliphatic rings. The van der Waals surface area contributed by atoms with Gasteiger partial charge in [-0.25, -0.2) is 13.1 Å². The van der Waals surface area contributed by atoms with Crippen LogP contribution in [0.4, 0.5) is 0 Å². The Balaban J connectivity index is 0.00000242. The van der Waals surface area contributed by atoms with E-state index in [1.165, 1.54) is 0 Å². The minimum absolute atomic E-state index is 0. The summed E-state index contributed by atoms with van der Waals surface area (Å²) >= 11 is 0. The molecule has 5 nitrogen and oxygen atoms in total. The number of benzene rings is 1. The molecule has 0 saturated heterocycles.